The van der Waals surface area contributed by atoms with Gasteiger partial charge in [0.15, 0.2) is 0 Å². The smallest absolute Gasteiger partial charge is 0.258 e. The summed E-state index contributed by atoms with van der Waals surface area (Å²) in [6, 6.07) is 17.1. The van der Waals surface area contributed by atoms with Crippen molar-refractivity contribution in [1.82, 2.24) is 4.98 Å². The van der Waals surface area contributed by atoms with E-state index in [0.29, 0.717) is 17.8 Å². The lowest BCUT2D eigenvalue weighted by Gasteiger charge is -2.18. The van der Waals surface area contributed by atoms with Crippen molar-refractivity contribution in [3.05, 3.63) is 89.5 Å². The molecule has 1 heterocycles. The molecule has 3 rings (SSSR count). The van der Waals surface area contributed by atoms with E-state index >= 15 is 0 Å². The van der Waals surface area contributed by atoms with Crippen molar-refractivity contribution < 1.29 is 9.18 Å². The predicted molar refractivity (Wildman–Crippen MR) is 102 cm³/mol. The van der Waals surface area contributed by atoms with E-state index in [1.54, 1.807) is 48.6 Å². The van der Waals surface area contributed by atoms with Crippen LogP contribution in [-0.4, -0.2) is 17.9 Å². The van der Waals surface area contributed by atoms with E-state index in [1.807, 2.05) is 30.3 Å². The van der Waals surface area contributed by atoms with Crippen molar-refractivity contribution in [2.75, 3.05) is 17.3 Å². The van der Waals surface area contributed by atoms with E-state index < -0.39 is 5.82 Å². The fourth-order valence-electron chi connectivity index (χ4n) is 2.63. The molecule has 0 saturated heterocycles. The third kappa shape index (κ3) is 4.10. The summed E-state index contributed by atoms with van der Waals surface area (Å²) in [5, 5.41) is 12.1. The number of aromatic nitrogens is 1. The number of pyridine rings is 1. The standard InChI is InChI=1S/C21H17FN4O/c1-26(21(27)16-9-11-24-12-10-16)17-7-5-15(6-8-17)14-25-20-4-2-3-19(22)18(20)13-23/h2-12,25H,14H2,1H3. The quantitative estimate of drug-likeness (QED) is 0.747. The zero-order valence-electron chi connectivity index (χ0n) is 14.7. The summed E-state index contributed by atoms with van der Waals surface area (Å²) in [7, 11) is 1.71. The number of benzene rings is 2. The Kier molecular flexibility index (Phi) is 5.43. The van der Waals surface area contributed by atoms with E-state index in [1.165, 1.54) is 6.07 Å². The molecule has 0 radical (unpaired) electrons. The van der Waals surface area contributed by atoms with Gasteiger partial charge in [-0.25, -0.2) is 4.39 Å². The van der Waals surface area contributed by atoms with Gasteiger partial charge in [-0.1, -0.05) is 18.2 Å². The zero-order chi connectivity index (χ0) is 19.2. The lowest BCUT2D eigenvalue weighted by Crippen LogP contribution is -2.26. The Morgan fingerprint density at radius 2 is 1.85 bits per heavy atom. The molecule has 0 bridgehead atoms. The molecule has 1 aromatic heterocycles. The molecule has 0 saturated carbocycles. The Hall–Kier alpha value is -3.72. The highest BCUT2D eigenvalue weighted by molar-refractivity contribution is 6.05. The summed E-state index contributed by atoms with van der Waals surface area (Å²) in [6.07, 6.45) is 3.16. The van der Waals surface area contributed by atoms with Crippen LogP contribution < -0.4 is 10.2 Å². The molecule has 0 aliphatic carbocycles. The molecular weight excluding hydrogens is 343 g/mol. The molecule has 0 aliphatic heterocycles. The van der Waals surface area contributed by atoms with Crippen molar-refractivity contribution in [3.8, 4) is 6.07 Å². The van der Waals surface area contributed by atoms with E-state index in [0.717, 1.165) is 11.3 Å². The van der Waals surface area contributed by atoms with E-state index in [9.17, 15) is 9.18 Å². The van der Waals surface area contributed by atoms with Crippen LogP contribution in [0.15, 0.2) is 67.0 Å². The van der Waals surface area contributed by atoms with Gasteiger partial charge >= 0.3 is 0 Å². The molecule has 1 amide bonds. The number of halogens is 1. The van der Waals surface area contributed by atoms with E-state index in [2.05, 4.69) is 10.3 Å². The second-order valence-corrected chi connectivity index (χ2v) is 5.89. The fourth-order valence-corrected chi connectivity index (χ4v) is 2.63. The maximum Gasteiger partial charge on any atom is 0.258 e. The Balaban J connectivity index is 1.68. The van der Waals surface area contributed by atoms with E-state index in [-0.39, 0.29) is 11.5 Å². The highest BCUT2D eigenvalue weighted by atomic mass is 19.1. The first-order chi connectivity index (χ1) is 13.1. The first-order valence-corrected chi connectivity index (χ1v) is 8.29. The third-order valence-electron chi connectivity index (χ3n) is 4.16. The van der Waals surface area contributed by atoms with Gasteiger partial charge in [0.05, 0.1) is 5.69 Å². The van der Waals surface area contributed by atoms with E-state index in [4.69, 9.17) is 5.26 Å². The summed E-state index contributed by atoms with van der Waals surface area (Å²) in [6.45, 7) is 0.431. The molecule has 1 N–H and O–H groups in total. The lowest BCUT2D eigenvalue weighted by atomic mass is 10.1. The van der Waals surface area contributed by atoms with Gasteiger partial charge < -0.3 is 10.2 Å². The van der Waals surface area contributed by atoms with Crippen LogP contribution in [0, 0.1) is 17.1 Å². The summed E-state index contributed by atoms with van der Waals surface area (Å²) >= 11 is 0. The minimum absolute atomic E-state index is 0.00296. The molecule has 134 valence electrons. The Morgan fingerprint density at radius 3 is 2.52 bits per heavy atom. The molecule has 5 nitrogen and oxygen atoms in total. The van der Waals surface area contributed by atoms with Gasteiger partial charge in [-0.2, -0.15) is 5.26 Å². The molecule has 2 aromatic carbocycles. The number of anilines is 2. The number of carbonyl (C=O) groups is 1. The molecule has 0 aliphatic rings. The minimum Gasteiger partial charge on any atom is -0.380 e. The normalized spacial score (nSPS) is 10.1. The van der Waals surface area contributed by atoms with Gasteiger partial charge in [0.1, 0.15) is 17.4 Å². The van der Waals surface area contributed by atoms with Crippen molar-refractivity contribution in [2.45, 2.75) is 6.54 Å². The first kappa shape index (κ1) is 18.1. The molecule has 0 unspecified atom stereocenters. The van der Waals surface area contributed by atoms with Crippen LogP contribution in [0.2, 0.25) is 0 Å². The number of nitriles is 1. The topological polar surface area (TPSA) is 69.0 Å². The second kappa shape index (κ2) is 8.11. The average molecular weight is 360 g/mol. The summed E-state index contributed by atoms with van der Waals surface area (Å²) in [5.41, 5.74) is 2.71. The summed E-state index contributed by atoms with van der Waals surface area (Å²) in [5.74, 6) is -0.671. The minimum atomic E-state index is -0.547. The first-order valence-electron chi connectivity index (χ1n) is 8.29. The number of nitrogens with zero attached hydrogens (tertiary/aromatic N) is 3. The highest BCUT2D eigenvalue weighted by Gasteiger charge is 2.13. The Bertz CT molecular complexity index is 981. The van der Waals surface area contributed by atoms with Gasteiger partial charge in [-0.3, -0.25) is 9.78 Å². The van der Waals surface area contributed by atoms with Crippen molar-refractivity contribution in [3.63, 3.8) is 0 Å². The number of carbonyl (C=O) groups excluding carboxylic acids is 1. The number of rotatable bonds is 5. The zero-order valence-corrected chi connectivity index (χ0v) is 14.7. The van der Waals surface area contributed by atoms with Gasteiger partial charge in [0, 0.05) is 37.2 Å². The van der Waals surface area contributed by atoms with Crippen LogP contribution in [0.25, 0.3) is 0 Å². The third-order valence-corrected chi connectivity index (χ3v) is 4.16. The number of hydrogen-bond donors (Lipinski definition) is 1. The monoisotopic (exact) mass is 360 g/mol. The molecule has 3 aromatic rings. The summed E-state index contributed by atoms with van der Waals surface area (Å²) < 4.78 is 13.6. The Morgan fingerprint density at radius 1 is 1.15 bits per heavy atom. The molecule has 0 atom stereocenters. The number of amides is 1. The lowest BCUT2D eigenvalue weighted by molar-refractivity contribution is 0.0993. The number of hydrogen-bond acceptors (Lipinski definition) is 4. The molecule has 27 heavy (non-hydrogen) atoms. The van der Waals surface area contributed by atoms with Crippen molar-refractivity contribution >= 4 is 17.3 Å². The summed E-state index contributed by atoms with van der Waals surface area (Å²) in [4.78, 5) is 17.9. The van der Waals surface area contributed by atoms with Crippen LogP contribution in [0.3, 0.4) is 0 Å². The second-order valence-electron chi connectivity index (χ2n) is 5.89. The van der Waals surface area contributed by atoms with Gasteiger partial charge in [0.25, 0.3) is 5.91 Å². The van der Waals surface area contributed by atoms with Gasteiger partial charge in [-0.15, -0.1) is 0 Å². The van der Waals surface area contributed by atoms with Crippen LogP contribution in [0.5, 0.6) is 0 Å². The maximum absolute atomic E-state index is 13.6. The van der Waals surface area contributed by atoms with Crippen LogP contribution >= 0.6 is 0 Å². The van der Waals surface area contributed by atoms with Crippen LogP contribution in [0.1, 0.15) is 21.5 Å². The van der Waals surface area contributed by atoms with Crippen LogP contribution in [-0.2, 0) is 6.54 Å². The van der Waals surface area contributed by atoms with Gasteiger partial charge in [0.2, 0.25) is 0 Å². The fraction of sp³-hybridized carbons (Fsp3) is 0.0952. The molecule has 0 spiro atoms. The highest BCUT2D eigenvalue weighted by Crippen LogP contribution is 2.20. The SMILES string of the molecule is CN(C(=O)c1ccncc1)c1ccc(CNc2cccc(F)c2C#N)cc1. The predicted octanol–water partition coefficient (Wildman–Crippen LogP) is 3.98. The van der Waals surface area contributed by atoms with Crippen LogP contribution in [0.4, 0.5) is 15.8 Å². The van der Waals surface area contributed by atoms with Crippen molar-refractivity contribution in [1.29, 1.82) is 5.26 Å². The molecule has 6 heteroatoms. The Labute approximate surface area is 156 Å². The average Bonchev–Trinajstić information content (AvgIpc) is 2.72. The molecular formula is C21H17FN4O. The molecule has 0 fully saturated rings. The largest absolute Gasteiger partial charge is 0.380 e. The maximum atomic E-state index is 13.6. The van der Waals surface area contributed by atoms with Crippen molar-refractivity contribution in [2.24, 2.45) is 0 Å². The van der Waals surface area contributed by atoms with Gasteiger partial charge in [-0.05, 0) is 42.0 Å². The number of nitrogens with one attached hydrogen (secondary N) is 1.